The molecule has 1 aromatic rings. The first-order valence-corrected chi connectivity index (χ1v) is 8.21. The zero-order valence-corrected chi connectivity index (χ0v) is 15.3. The Morgan fingerprint density at radius 2 is 2.10 bits per heavy atom. The van der Waals surface area contributed by atoms with Crippen molar-refractivity contribution in [3.63, 3.8) is 0 Å². The van der Waals surface area contributed by atoms with Crippen LogP contribution in [0.15, 0.2) is 12.1 Å². The van der Waals surface area contributed by atoms with Gasteiger partial charge in [0.25, 0.3) is 5.91 Å². The van der Waals surface area contributed by atoms with Crippen LogP contribution in [0.5, 0.6) is 5.75 Å². The Balaban J connectivity index is 2.25. The number of carbonyl (C=O) groups is 2. The van der Waals surface area contributed by atoms with Gasteiger partial charge in [-0.2, -0.15) is 0 Å². The van der Waals surface area contributed by atoms with Gasteiger partial charge >= 0.3 is 5.97 Å². The van der Waals surface area contributed by atoms with Crippen molar-refractivity contribution in [1.82, 2.24) is 5.32 Å². The maximum Gasteiger partial charge on any atom is 0.313 e. The lowest BCUT2D eigenvalue weighted by Gasteiger charge is -2.25. The summed E-state index contributed by atoms with van der Waals surface area (Å²) in [5, 5.41) is 21.9. The lowest BCUT2D eigenvalue weighted by atomic mass is 9.85. The summed E-state index contributed by atoms with van der Waals surface area (Å²) < 4.78 is 6.56. The number of phenols is 1. The van der Waals surface area contributed by atoms with Crippen molar-refractivity contribution >= 4 is 57.1 Å². The van der Waals surface area contributed by atoms with Gasteiger partial charge < -0.3 is 20.3 Å². The molecule has 0 spiro atoms. The summed E-state index contributed by atoms with van der Waals surface area (Å²) in [5.41, 5.74) is -1.04. The Bertz CT molecular complexity index is 606. The zero-order chi connectivity index (χ0) is 15.8. The molecule has 3 N–H and O–H groups in total. The number of ether oxygens (including phenoxy) is 1. The van der Waals surface area contributed by atoms with Gasteiger partial charge in [-0.3, -0.25) is 9.59 Å². The largest absolute Gasteiger partial charge is 0.506 e. The number of carboxylic acids is 1. The van der Waals surface area contributed by atoms with Crippen molar-refractivity contribution in [1.29, 1.82) is 0 Å². The van der Waals surface area contributed by atoms with Gasteiger partial charge in [0.1, 0.15) is 11.2 Å². The summed E-state index contributed by atoms with van der Waals surface area (Å²) in [6.07, 6.45) is 0. The molecule has 0 aliphatic carbocycles. The van der Waals surface area contributed by atoms with Gasteiger partial charge in [-0.1, -0.05) is 0 Å². The molecule has 21 heavy (non-hydrogen) atoms. The highest BCUT2D eigenvalue weighted by molar-refractivity contribution is 14.1. The van der Waals surface area contributed by atoms with Gasteiger partial charge in [-0.25, -0.2) is 0 Å². The number of nitrogens with one attached hydrogen (secondary N) is 1. The number of carbonyl (C=O) groups excluding carboxylic acids is 1. The monoisotopic (exact) mass is 517 g/mol. The lowest BCUT2D eigenvalue weighted by Crippen LogP contribution is -2.49. The predicted molar refractivity (Wildman–Crippen MR) is 91.4 cm³/mol. The Labute approximate surface area is 148 Å². The van der Waals surface area contributed by atoms with Crippen LogP contribution in [-0.2, 0) is 9.53 Å². The molecule has 1 fully saturated rings. The normalized spacial score (nSPS) is 24.8. The van der Waals surface area contributed by atoms with E-state index in [1.807, 2.05) is 45.2 Å². The van der Waals surface area contributed by atoms with Gasteiger partial charge in [-0.15, -0.1) is 0 Å². The SMILES string of the molecule is CC1(C(=O)O)COCC1NC(=O)c1cc(I)cc(I)c1O. The van der Waals surface area contributed by atoms with E-state index < -0.39 is 23.3 Å². The van der Waals surface area contributed by atoms with Crippen LogP contribution in [0.4, 0.5) is 0 Å². The average Bonchev–Trinajstić information content (AvgIpc) is 2.76. The van der Waals surface area contributed by atoms with Crippen LogP contribution in [0.3, 0.4) is 0 Å². The quantitative estimate of drug-likeness (QED) is 0.533. The molecule has 1 saturated heterocycles. The number of aliphatic carboxylic acids is 1. The van der Waals surface area contributed by atoms with Crippen LogP contribution in [0, 0.1) is 12.6 Å². The molecular weight excluding hydrogens is 504 g/mol. The Morgan fingerprint density at radius 3 is 2.71 bits per heavy atom. The second-order valence-electron chi connectivity index (χ2n) is 5.05. The summed E-state index contributed by atoms with van der Waals surface area (Å²) in [5.74, 6) is -1.64. The highest BCUT2D eigenvalue weighted by atomic mass is 127. The fourth-order valence-corrected chi connectivity index (χ4v) is 3.90. The number of phenolic OH excluding ortho intramolecular Hbond substituents is 1. The first kappa shape index (κ1) is 16.7. The maximum absolute atomic E-state index is 12.3. The molecule has 0 bridgehead atoms. The van der Waals surface area contributed by atoms with E-state index in [0.29, 0.717) is 3.57 Å². The molecule has 114 valence electrons. The van der Waals surface area contributed by atoms with E-state index in [2.05, 4.69) is 5.32 Å². The smallest absolute Gasteiger partial charge is 0.313 e. The first-order chi connectivity index (χ1) is 9.75. The van der Waals surface area contributed by atoms with Gasteiger partial charge in [0.15, 0.2) is 0 Å². The van der Waals surface area contributed by atoms with Crippen LogP contribution >= 0.6 is 45.2 Å². The number of hydrogen-bond donors (Lipinski definition) is 3. The topological polar surface area (TPSA) is 95.9 Å². The second kappa shape index (κ2) is 6.24. The minimum atomic E-state index is -1.17. The van der Waals surface area contributed by atoms with Gasteiger partial charge in [-0.05, 0) is 64.2 Å². The molecule has 2 atom stereocenters. The highest BCUT2D eigenvalue weighted by Gasteiger charge is 2.47. The van der Waals surface area contributed by atoms with E-state index in [4.69, 9.17) is 4.74 Å². The summed E-state index contributed by atoms with van der Waals surface area (Å²) in [6, 6.07) is 2.66. The first-order valence-electron chi connectivity index (χ1n) is 6.05. The minimum Gasteiger partial charge on any atom is -0.506 e. The Kier molecular flexibility index (Phi) is 4.98. The summed E-state index contributed by atoms with van der Waals surface area (Å²) in [7, 11) is 0. The fraction of sp³-hybridized carbons (Fsp3) is 0.385. The molecular formula is C13H13I2NO5. The van der Waals surface area contributed by atoms with E-state index in [9.17, 15) is 19.8 Å². The molecule has 6 nitrogen and oxygen atoms in total. The van der Waals surface area contributed by atoms with E-state index >= 15 is 0 Å². The molecule has 0 radical (unpaired) electrons. The third-order valence-electron chi connectivity index (χ3n) is 3.52. The van der Waals surface area contributed by atoms with E-state index in [1.54, 1.807) is 12.1 Å². The van der Waals surface area contributed by atoms with Crippen molar-refractivity contribution in [2.45, 2.75) is 13.0 Å². The molecule has 2 rings (SSSR count). The molecule has 1 aliphatic rings. The fourth-order valence-electron chi connectivity index (χ4n) is 2.06. The lowest BCUT2D eigenvalue weighted by molar-refractivity contribution is -0.148. The van der Waals surface area contributed by atoms with Crippen LogP contribution < -0.4 is 5.32 Å². The number of benzene rings is 1. The van der Waals surface area contributed by atoms with Gasteiger partial charge in [0, 0.05) is 3.57 Å². The summed E-state index contributed by atoms with van der Waals surface area (Å²) in [4.78, 5) is 23.7. The third-order valence-corrected chi connectivity index (χ3v) is 4.97. The number of carboxylic acid groups (broad SMARTS) is 1. The number of rotatable bonds is 3. The molecule has 1 amide bonds. The number of hydrogen-bond acceptors (Lipinski definition) is 4. The predicted octanol–water partition coefficient (Wildman–Crippen LogP) is 1.82. The van der Waals surface area contributed by atoms with Crippen LogP contribution in [0.1, 0.15) is 17.3 Å². The average molecular weight is 517 g/mol. The molecule has 1 aliphatic heterocycles. The van der Waals surface area contributed by atoms with Crippen LogP contribution in [0.2, 0.25) is 0 Å². The van der Waals surface area contributed by atoms with E-state index in [1.165, 1.54) is 6.92 Å². The van der Waals surface area contributed by atoms with Crippen LogP contribution in [0.25, 0.3) is 0 Å². The van der Waals surface area contributed by atoms with Gasteiger partial charge in [0.05, 0.1) is 28.4 Å². The third kappa shape index (κ3) is 3.26. The van der Waals surface area contributed by atoms with Gasteiger partial charge in [0.2, 0.25) is 0 Å². The summed E-state index contributed by atoms with van der Waals surface area (Å²) >= 11 is 3.99. The molecule has 1 heterocycles. The van der Waals surface area contributed by atoms with E-state index in [0.717, 1.165) is 3.57 Å². The molecule has 1 aromatic carbocycles. The van der Waals surface area contributed by atoms with Crippen LogP contribution in [-0.4, -0.2) is 41.3 Å². The van der Waals surface area contributed by atoms with Crippen molar-refractivity contribution < 1.29 is 24.5 Å². The minimum absolute atomic E-state index is 0.0448. The van der Waals surface area contributed by atoms with Crippen molar-refractivity contribution in [3.8, 4) is 5.75 Å². The van der Waals surface area contributed by atoms with Crippen molar-refractivity contribution in [3.05, 3.63) is 24.8 Å². The molecule has 8 heteroatoms. The van der Waals surface area contributed by atoms with Crippen molar-refractivity contribution in [2.75, 3.05) is 13.2 Å². The standard InChI is InChI=1S/C13H13I2NO5/c1-13(12(19)20)5-21-4-9(13)16-11(18)7-2-6(14)3-8(15)10(7)17/h2-3,9,17H,4-5H2,1H3,(H,16,18)(H,19,20). The second-order valence-corrected chi connectivity index (χ2v) is 7.46. The summed E-state index contributed by atoms with van der Waals surface area (Å²) in [6.45, 7) is 1.71. The number of halogens is 2. The maximum atomic E-state index is 12.3. The molecule has 0 aromatic heterocycles. The zero-order valence-electron chi connectivity index (χ0n) is 11.0. The van der Waals surface area contributed by atoms with Crippen molar-refractivity contribution in [2.24, 2.45) is 5.41 Å². The molecule has 2 unspecified atom stereocenters. The molecule has 0 saturated carbocycles. The number of amides is 1. The Morgan fingerprint density at radius 1 is 1.43 bits per heavy atom. The highest BCUT2D eigenvalue weighted by Crippen LogP contribution is 2.31. The van der Waals surface area contributed by atoms with E-state index in [-0.39, 0.29) is 24.5 Å². The number of aromatic hydroxyl groups is 1. The Hall–Kier alpha value is -0.620.